The Bertz CT molecular complexity index is 1440. The third kappa shape index (κ3) is 7.52. The smallest absolute Gasteiger partial charge is 0.258 e. The van der Waals surface area contributed by atoms with E-state index in [0.717, 1.165) is 16.8 Å². The minimum absolute atomic E-state index is 0.121. The van der Waals surface area contributed by atoms with E-state index in [2.05, 4.69) is 20.8 Å². The van der Waals surface area contributed by atoms with Gasteiger partial charge in [-0.15, -0.1) is 10.2 Å². The fourth-order valence-electron chi connectivity index (χ4n) is 3.64. The summed E-state index contributed by atoms with van der Waals surface area (Å²) in [7, 11) is 1.59. The van der Waals surface area contributed by atoms with Gasteiger partial charge in [0, 0.05) is 10.7 Å². The van der Waals surface area contributed by atoms with Crippen molar-refractivity contribution in [2.75, 3.05) is 24.8 Å². The quantitative estimate of drug-likeness (QED) is 0.247. The van der Waals surface area contributed by atoms with E-state index in [-0.39, 0.29) is 30.7 Å². The number of nitrogens with one attached hydrogen (secondary N) is 2. The maximum atomic E-state index is 12.6. The first-order valence-corrected chi connectivity index (χ1v) is 13.4. The number of halogens is 1. The number of nitrogens with zero attached hydrogens (tertiary/aromatic N) is 3. The Balaban J connectivity index is 1.44. The first-order valence-electron chi connectivity index (χ1n) is 12.1. The highest BCUT2D eigenvalue weighted by Crippen LogP contribution is 2.26. The van der Waals surface area contributed by atoms with Gasteiger partial charge in [0.1, 0.15) is 11.5 Å². The maximum Gasteiger partial charge on any atom is 0.258 e. The van der Waals surface area contributed by atoms with Crippen LogP contribution in [0.25, 0.3) is 5.69 Å². The minimum atomic E-state index is -0.312. The number of carbonyl (C=O) groups excluding carboxylic acids is 2. The van der Waals surface area contributed by atoms with Crippen LogP contribution < -0.4 is 20.1 Å². The highest BCUT2D eigenvalue weighted by molar-refractivity contribution is 7.99. The van der Waals surface area contributed by atoms with Crippen molar-refractivity contribution in [3.05, 3.63) is 88.7 Å². The van der Waals surface area contributed by atoms with Crippen LogP contribution >= 0.6 is 23.4 Å². The molecule has 0 saturated carbocycles. The molecule has 0 saturated heterocycles. The first-order chi connectivity index (χ1) is 18.8. The van der Waals surface area contributed by atoms with Crippen LogP contribution in [-0.2, 0) is 16.1 Å². The van der Waals surface area contributed by atoms with Gasteiger partial charge in [0.05, 0.1) is 25.1 Å². The van der Waals surface area contributed by atoms with E-state index in [1.54, 1.807) is 55.6 Å². The van der Waals surface area contributed by atoms with Gasteiger partial charge in [0.15, 0.2) is 17.6 Å². The molecular weight excluding hydrogens is 538 g/mol. The van der Waals surface area contributed by atoms with Crippen LogP contribution in [0.2, 0.25) is 5.02 Å². The van der Waals surface area contributed by atoms with E-state index in [4.69, 9.17) is 21.1 Å². The topological polar surface area (TPSA) is 107 Å². The monoisotopic (exact) mass is 565 g/mol. The lowest BCUT2D eigenvalue weighted by molar-refractivity contribution is -0.123. The molecule has 0 spiro atoms. The summed E-state index contributed by atoms with van der Waals surface area (Å²) >= 11 is 7.15. The van der Waals surface area contributed by atoms with Gasteiger partial charge in [-0.2, -0.15) is 0 Å². The van der Waals surface area contributed by atoms with Crippen LogP contribution in [0.1, 0.15) is 17.0 Å². The van der Waals surface area contributed by atoms with Gasteiger partial charge in [0.2, 0.25) is 5.91 Å². The number of thioether (sulfide) groups is 1. The number of anilines is 1. The standard InChI is InChI=1S/C28H28ClN5O4S/c1-18-5-4-6-24(19(18)2)34-25(15-30-26(35)16-38-23-11-7-20(29)8-12-23)32-33-28(34)39-17-27(36)31-21-9-13-22(37-3)14-10-21/h4-14H,15-17H2,1-3H3,(H,30,35)(H,31,36). The fraction of sp³-hybridized carbons (Fsp3) is 0.214. The Morgan fingerprint density at radius 1 is 0.949 bits per heavy atom. The van der Waals surface area contributed by atoms with Crippen molar-refractivity contribution >= 4 is 40.9 Å². The van der Waals surface area contributed by atoms with Crippen molar-refractivity contribution in [2.24, 2.45) is 0 Å². The molecule has 39 heavy (non-hydrogen) atoms. The van der Waals surface area contributed by atoms with E-state index in [9.17, 15) is 9.59 Å². The van der Waals surface area contributed by atoms with E-state index in [1.165, 1.54) is 11.8 Å². The summed E-state index contributed by atoms with van der Waals surface area (Å²) in [5, 5.41) is 15.5. The Morgan fingerprint density at radius 3 is 2.38 bits per heavy atom. The van der Waals surface area contributed by atoms with Crippen LogP contribution in [0.4, 0.5) is 5.69 Å². The summed E-state index contributed by atoms with van der Waals surface area (Å²) in [6, 6.07) is 19.8. The third-order valence-electron chi connectivity index (χ3n) is 5.85. The van der Waals surface area contributed by atoms with E-state index < -0.39 is 0 Å². The van der Waals surface area contributed by atoms with Gasteiger partial charge in [-0.3, -0.25) is 14.2 Å². The van der Waals surface area contributed by atoms with Gasteiger partial charge < -0.3 is 20.1 Å². The maximum absolute atomic E-state index is 12.6. The summed E-state index contributed by atoms with van der Waals surface area (Å²) < 4.78 is 12.5. The molecule has 4 aromatic rings. The molecule has 0 aliphatic carbocycles. The summed E-state index contributed by atoms with van der Waals surface area (Å²) in [5.74, 6) is 1.40. The number of aromatic nitrogens is 3. The van der Waals surface area contributed by atoms with Crippen molar-refractivity contribution in [1.82, 2.24) is 20.1 Å². The van der Waals surface area contributed by atoms with Gasteiger partial charge >= 0.3 is 0 Å². The number of amides is 2. The molecular formula is C28H28ClN5O4S. The fourth-order valence-corrected chi connectivity index (χ4v) is 4.53. The summed E-state index contributed by atoms with van der Waals surface area (Å²) in [5.41, 5.74) is 3.68. The predicted octanol–water partition coefficient (Wildman–Crippen LogP) is 4.97. The molecule has 2 N–H and O–H groups in total. The number of hydrogen-bond acceptors (Lipinski definition) is 7. The third-order valence-corrected chi connectivity index (χ3v) is 7.03. The molecule has 0 atom stereocenters. The SMILES string of the molecule is COc1ccc(NC(=O)CSc2nnc(CNC(=O)COc3ccc(Cl)cc3)n2-c2cccc(C)c2C)cc1. The van der Waals surface area contributed by atoms with Crippen molar-refractivity contribution in [2.45, 2.75) is 25.5 Å². The Morgan fingerprint density at radius 2 is 1.67 bits per heavy atom. The van der Waals surface area contributed by atoms with Gasteiger partial charge in [0.25, 0.3) is 5.91 Å². The number of methoxy groups -OCH3 is 1. The number of benzene rings is 3. The molecule has 0 aliphatic heterocycles. The summed E-state index contributed by atoms with van der Waals surface area (Å²) in [6.45, 7) is 4.00. The second kappa shape index (κ2) is 13.2. The molecule has 4 rings (SSSR count). The number of hydrogen-bond donors (Lipinski definition) is 2. The predicted molar refractivity (Wildman–Crippen MR) is 152 cm³/mol. The van der Waals surface area contributed by atoms with E-state index >= 15 is 0 Å². The van der Waals surface area contributed by atoms with Crippen LogP contribution in [0.15, 0.2) is 71.9 Å². The normalized spacial score (nSPS) is 10.7. The zero-order valence-corrected chi connectivity index (χ0v) is 23.3. The lowest BCUT2D eigenvalue weighted by atomic mass is 10.1. The minimum Gasteiger partial charge on any atom is -0.497 e. The van der Waals surface area contributed by atoms with Gasteiger partial charge in [-0.25, -0.2) is 0 Å². The number of rotatable bonds is 11. The van der Waals surface area contributed by atoms with Crippen LogP contribution in [0.5, 0.6) is 11.5 Å². The highest BCUT2D eigenvalue weighted by atomic mass is 35.5. The van der Waals surface area contributed by atoms with Crippen molar-refractivity contribution in [3.63, 3.8) is 0 Å². The van der Waals surface area contributed by atoms with Crippen LogP contribution in [-0.4, -0.2) is 46.0 Å². The Kier molecular flexibility index (Phi) is 9.45. The average molecular weight is 566 g/mol. The second-order valence-electron chi connectivity index (χ2n) is 8.54. The summed E-state index contributed by atoms with van der Waals surface area (Å²) in [4.78, 5) is 25.1. The average Bonchev–Trinajstić information content (AvgIpc) is 3.35. The van der Waals surface area contributed by atoms with E-state index in [0.29, 0.717) is 33.2 Å². The number of carbonyl (C=O) groups is 2. The number of aryl methyl sites for hydroxylation is 1. The summed E-state index contributed by atoms with van der Waals surface area (Å²) in [6.07, 6.45) is 0. The molecule has 1 heterocycles. The molecule has 1 aromatic heterocycles. The zero-order valence-electron chi connectivity index (χ0n) is 21.7. The molecule has 3 aromatic carbocycles. The molecule has 0 fully saturated rings. The lowest BCUT2D eigenvalue weighted by Crippen LogP contribution is -2.29. The van der Waals surface area contributed by atoms with Crippen molar-refractivity contribution < 1.29 is 19.1 Å². The first kappa shape index (κ1) is 28.0. The number of ether oxygens (including phenoxy) is 2. The van der Waals surface area contributed by atoms with Crippen molar-refractivity contribution in [1.29, 1.82) is 0 Å². The zero-order chi connectivity index (χ0) is 27.8. The lowest BCUT2D eigenvalue weighted by Gasteiger charge is -2.15. The van der Waals surface area contributed by atoms with Gasteiger partial charge in [-0.1, -0.05) is 35.5 Å². The Labute approximate surface area is 235 Å². The molecule has 2 amide bonds. The van der Waals surface area contributed by atoms with Gasteiger partial charge in [-0.05, 0) is 79.6 Å². The molecule has 0 aliphatic rings. The second-order valence-corrected chi connectivity index (χ2v) is 9.92. The van der Waals surface area contributed by atoms with Crippen molar-refractivity contribution in [3.8, 4) is 17.2 Å². The molecule has 202 valence electrons. The van der Waals surface area contributed by atoms with E-state index in [1.807, 2.05) is 36.6 Å². The van der Waals surface area contributed by atoms with Crippen LogP contribution in [0, 0.1) is 13.8 Å². The molecule has 11 heteroatoms. The Hall–Kier alpha value is -4.02. The molecule has 0 radical (unpaired) electrons. The molecule has 9 nitrogen and oxygen atoms in total. The molecule has 0 unspecified atom stereocenters. The molecule has 0 bridgehead atoms. The largest absolute Gasteiger partial charge is 0.497 e. The highest BCUT2D eigenvalue weighted by Gasteiger charge is 2.19. The van der Waals surface area contributed by atoms with Crippen LogP contribution in [0.3, 0.4) is 0 Å².